The summed E-state index contributed by atoms with van der Waals surface area (Å²) in [5.41, 5.74) is 8.69. The molecule has 106 valence electrons. The summed E-state index contributed by atoms with van der Waals surface area (Å²) in [5, 5.41) is 0. The molecule has 0 bridgehead atoms. The number of hydrogen-bond acceptors (Lipinski definition) is 3. The van der Waals surface area contributed by atoms with Crippen molar-refractivity contribution in [2.45, 2.75) is 47.2 Å². The van der Waals surface area contributed by atoms with Gasteiger partial charge in [0.15, 0.2) is 0 Å². The fourth-order valence-corrected chi connectivity index (χ4v) is 2.63. The minimum absolute atomic E-state index is 0.306. The minimum atomic E-state index is 0.306. The first kappa shape index (κ1) is 14.4. The third-order valence-electron chi connectivity index (χ3n) is 3.89. The van der Waals surface area contributed by atoms with E-state index in [0.717, 1.165) is 37.6 Å². The van der Waals surface area contributed by atoms with Gasteiger partial charge in [-0.3, -0.25) is 4.90 Å². The topological polar surface area (TPSA) is 42.4 Å². The van der Waals surface area contributed by atoms with Gasteiger partial charge in [0, 0.05) is 13.1 Å². The van der Waals surface area contributed by atoms with E-state index in [1.807, 2.05) is 0 Å². The summed E-state index contributed by atoms with van der Waals surface area (Å²) < 4.78 is 5.77. The Balaban J connectivity index is 1.97. The van der Waals surface area contributed by atoms with Crippen LogP contribution in [-0.2, 0) is 13.1 Å². The Bertz CT molecular complexity index is 466. The molecule has 2 N–H and O–H groups in total. The van der Waals surface area contributed by atoms with E-state index in [1.165, 1.54) is 5.56 Å². The molecule has 1 aliphatic rings. The van der Waals surface area contributed by atoms with Crippen LogP contribution >= 0.6 is 0 Å². The monoisotopic (exact) mass is 262 g/mol. The lowest BCUT2D eigenvalue weighted by Crippen LogP contribution is -2.30. The Kier molecular flexibility index (Phi) is 4.16. The van der Waals surface area contributed by atoms with Gasteiger partial charge in [-0.2, -0.15) is 0 Å². The van der Waals surface area contributed by atoms with Crippen LogP contribution < -0.4 is 5.73 Å². The van der Waals surface area contributed by atoms with Gasteiger partial charge < -0.3 is 10.2 Å². The minimum Gasteiger partial charge on any atom is -0.463 e. The van der Waals surface area contributed by atoms with Gasteiger partial charge in [0.1, 0.15) is 11.5 Å². The molecule has 0 unspecified atom stereocenters. The lowest BCUT2D eigenvalue weighted by Gasteiger charge is -2.31. The molecule has 3 nitrogen and oxygen atoms in total. The van der Waals surface area contributed by atoms with Gasteiger partial charge in [-0.25, -0.2) is 0 Å². The zero-order valence-electron chi connectivity index (χ0n) is 12.6. The van der Waals surface area contributed by atoms with Crippen LogP contribution in [0.3, 0.4) is 0 Å². The van der Waals surface area contributed by atoms with Crippen molar-refractivity contribution in [2.24, 2.45) is 11.1 Å². The van der Waals surface area contributed by atoms with Gasteiger partial charge in [-0.05, 0) is 30.4 Å². The van der Waals surface area contributed by atoms with Crippen LogP contribution in [0.15, 0.2) is 22.1 Å². The van der Waals surface area contributed by atoms with E-state index in [-0.39, 0.29) is 0 Å². The molecule has 0 atom stereocenters. The average molecular weight is 262 g/mol. The molecule has 0 aliphatic carbocycles. The number of nitrogens with two attached hydrogens (primary N) is 1. The third kappa shape index (κ3) is 3.48. The van der Waals surface area contributed by atoms with Crippen LogP contribution in [-0.4, -0.2) is 18.0 Å². The second-order valence-corrected chi connectivity index (χ2v) is 6.49. The standard InChI is InChI=1S/C16H26N2O/c1-12-9-14(19-15(12)10-17)11-18-7-5-13(6-8-18)16(2,3)4/h5,9H,6-8,10-11,17H2,1-4H3. The Hall–Kier alpha value is -1.06. The van der Waals surface area contributed by atoms with Crippen molar-refractivity contribution in [3.8, 4) is 0 Å². The van der Waals surface area contributed by atoms with E-state index in [1.54, 1.807) is 5.57 Å². The predicted octanol–water partition coefficient (Wildman–Crippen LogP) is 3.22. The molecule has 0 saturated heterocycles. The lowest BCUT2D eigenvalue weighted by molar-refractivity contribution is 0.248. The molecule has 1 aromatic rings. The van der Waals surface area contributed by atoms with E-state index >= 15 is 0 Å². The Labute approximate surface area is 116 Å². The molecular weight excluding hydrogens is 236 g/mol. The van der Waals surface area contributed by atoms with Crippen LogP contribution in [0.2, 0.25) is 0 Å². The van der Waals surface area contributed by atoms with Crippen molar-refractivity contribution in [2.75, 3.05) is 13.1 Å². The van der Waals surface area contributed by atoms with Gasteiger partial charge >= 0.3 is 0 Å². The molecule has 0 aromatic carbocycles. The highest BCUT2D eigenvalue weighted by atomic mass is 16.3. The van der Waals surface area contributed by atoms with Gasteiger partial charge in [-0.15, -0.1) is 0 Å². The summed E-state index contributed by atoms with van der Waals surface area (Å²) in [6, 6.07) is 2.12. The summed E-state index contributed by atoms with van der Waals surface area (Å²) in [7, 11) is 0. The number of hydrogen-bond donors (Lipinski definition) is 1. The summed E-state index contributed by atoms with van der Waals surface area (Å²) in [4.78, 5) is 2.42. The highest BCUT2D eigenvalue weighted by Crippen LogP contribution is 2.30. The molecule has 1 aliphatic heterocycles. The van der Waals surface area contributed by atoms with Crippen LogP contribution in [0, 0.1) is 12.3 Å². The summed E-state index contributed by atoms with van der Waals surface area (Å²) in [5.74, 6) is 1.95. The fraction of sp³-hybridized carbons (Fsp3) is 0.625. The van der Waals surface area contributed by atoms with Crippen molar-refractivity contribution < 1.29 is 4.42 Å². The molecule has 1 aromatic heterocycles. The van der Waals surface area contributed by atoms with Gasteiger partial charge in [-0.1, -0.05) is 32.4 Å². The molecule has 0 spiro atoms. The lowest BCUT2D eigenvalue weighted by atomic mass is 9.83. The smallest absolute Gasteiger partial charge is 0.120 e. The van der Waals surface area contributed by atoms with E-state index in [4.69, 9.17) is 10.2 Å². The quantitative estimate of drug-likeness (QED) is 0.850. The van der Waals surface area contributed by atoms with E-state index in [0.29, 0.717) is 12.0 Å². The number of nitrogens with zero attached hydrogens (tertiary/aromatic N) is 1. The zero-order chi connectivity index (χ0) is 14.0. The first-order valence-electron chi connectivity index (χ1n) is 7.10. The van der Waals surface area contributed by atoms with Gasteiger partial charge in [0.2, 0.25) is 0 Å². The molecule has 0 saturated carbocycles. The van der Waals surface area contributed by atoms with E-state index < -0.39 is 0 Å². The van der Waals surface area contributed by atoms with Crippen LogP contribution in [0.5, 0.6) is 0 Å². The SMILES string of the molecule is Cc1cc(CN2CC=C(C(C)(C)C)CC2)oc1CN. The third-order valence-corrected chi connectivity index (χ3v) is 3.89. The van der Waals surface area contributed by atoms with Crippen molar-refractivity contribution in [1.82, 2.24) is 4.90 Å². The molecule has 2 heterocycles. The Morgan fingerprint density at radius 3 is 2.58 bits per heavy atom. The summed E-state index contributed by atoms with van der Waals surface area (Å²) >= 11 is 0. The highest BCUT2D eigenvalue weighted by Gasteiger charge is 2.21. The first-order chi connectivity index (χ1) is 8.90. The molecular formula is C16H26N2O. The zero-order valence-corrected chi connectivity index (χ0v) is 12.6. The Morgan fingerprint density at radius 2 is 2.11 bits per heavy atom. The van der Waals surface area contributed by atoms with Crippen LogP contribution in [0.1, 0.15) is 44.3 Å². The van der Waals surface area contributed by atoms with Crippen LogP contribution in [0.4, 0.5) is 0 Å². The molecule has 19 heavy (non-hydrogen) atoms. The fourth-order valence-electron chi connectivity index (χ4n) is 2.63. The molecule has 0 fully saturated rings. The average Bonchev–Trinajstić information content (AvgIpc) is 2.69. The number of aryl methyl sites for hydroxylation is 1. The summed E-state index contributed by atoms with van der Waals surface area (Å²) in [6.45, 7) is 12.4. The molecule has 0 amide bonds. The Morgan fingerprint density at radius 1 is 1.37 bits per heavy atom. The highest BCUT2D eigenvalue weighted by molar-refractivity contribution is 5.20. The maximum Gasteiger partial charge on any atom is 0.120 e. The predicted molar refractivity (Wildman–Crippen MR) is 78.8 cm³/mol. The van der Waals surface area contributed by atoms with E-state index in [2.05, 4.69) is 44.7 Å². The van der Waals surface area contributed by atoms with Crippen molar-refractivity contribution in [1.29, 1.82) is 0 Å². The van der Waals surface area contributed by atoms with Gasteiger partial charge in [0.25, 0.3) is 0 Å². The summed E-state index contributed by atoms with van der Waals surface area (Å²) in [6.07, 6.45) is 3.54. The van der Waals surface area contributed by atoms with Gasteiger partial charge in [0.05, 0.1) is 13.1 Å². The molecule has 2 rings (SSSR count). The molecule has 0 radical (unpaired) electrons. The van der Waals surface area contributed by atoms with Crippen molar-refractivity contribution in [3.05, 3.63) is 34.8 Å². The first-order valence-corrected chi connectivity index (χ1v) is 7.10. The van der Waals surface area contributed by atoms with Crippen molar-refractivity contribution >= 4 is 0 Å². The molecule has 3 heteroatoms. The largest absolute Gasteiger partial charge is 0.463 e. The normalized spacial score (nSPS) is 17.6. The maximum atomic E-state index is 5.77. The van der Waals surface area contributed by atoms with E-state index in [9.17, 15) is 0 Å². The second kappa shape index (κ2) is 5.51. The van der Waals surface area contributed by atoms with Crippen LogP contribution in [0.25, 0.3) is 0 Å². The number of rotatable bonds is 3. The van der Waals surface area contributed by atoms with Crippen molar-refractivity contribution in [3.63, 3.8) is 0 Å². The second-order valence-electron chi connectivity index (χ2n) is 6.49. The number of furan rings is 1. The maximum absolute atomic E-state index is 5.77.